The zero-order valence-electron chi connectivity index (χ0n) is 8.70. The summed E-state index contributed by atoms with van der Waals surface area (Å²) in [5, 5.41) is 2.91. The van der Waals surface area contributed by atoms with Crippen LogP contribution in [0.1, 0.15) is 17.3 Å². The van der Waals surface area contributed by atoms with Crippen LogP contribution in [-0.4, -0.2) is 26.0 Å². The molecule has 0 aliphatic rings. The third-order valence-electron chi connectivity index (χ3n) is 2.20. The maximum absolute atomic E-state index is 11.8. The van der Waals surface area contributed by atoms with Crippen molar-refractivity contribution >= 4 is 5.78 Å². The van der Waals surface area contributed by atoms with Gasteiger partial charge < -0.3 is 10.1 Å². The van der Waals surface area contributed by atoms with E-state index in [1.54, 1.807) is 26.3 Å². The van der Waals surface area contributed by atoms with Crippen molar-refractivity contribution in [3.8, 4) is 5.75 Å². The van der Waals surface area contributed by atoms with E-state index in [0.717, 1.165) is 0 Å². The second-order valence-electron chi connectivity index (χ2n) is 3.07. The number of methoxy groups -OCH3 is 1. The highest BCUT2D eigenvalue weighted by molar-refractivity contribution is 6.02. The molecule has 3 nitrogen and oxygen atoms in total. The average Bonchev–Trinajstić information content (AvgIpc) is 2.26. The van der Waals surface area contributed by atoms with Gasteiger partial charge in [-0.2, -0.15) is 0 Å². The Kier molecular flexibility index (Phi) is 3.65. The van der Waals surface area contributed by atoms with Crippen molar-refractivity contribution in [2.24, 2.45) is 0 Å². The van der Waals surface area contributed by atoms with Crippen molar-refractivity contribution < 1.29 is 9.53 Å². The van der Waals surface area contributed by atoms with E-state index in [-0.39, 0.29) is 11.8 Å². The molecule has 0 fully saturated rings. The quantitative estimate of drug-likeness (QED) is 0.736. The summed E-state index contributed by atoms with van der Waals surface area (Å²) in [6, 6.07) is 7.05. The monoisotopic (exact) mass is 193 g/mol. The summed E-state index contributed by atoms with van der Waals surface area (Å²) in [5.41, 5.74) is 0.622. The fourth-order valence-corrected chi connectivity index (χ4v) is 1.21. The number of nitrogens with one attached hydrogen (secondary N) is 1. The Morgan fingerprint density at radius 2 is 2.07 bits per heavy atom. The standard InChI is InChI=1S/C11H15NO2/c1-8(12-2)11(13)9-6-4-5-7-10(9)14-3/h4-8,12H,1-3H3/t8-/m1/s1. The minimum Gasteiger partial charge on any atom is -0.496 e. The van der Waals surface area contributed by atoms with Crippen LogP contribution in [0.25, 0.3) is 0 Å². The van der Waals surface area contributed by atoms with Gasteiger partial charge in [0, 0.05) is 0 Å². The van der Waals surface area contributed by atoms with Gasteiger partial charge in [-0.3, -0.25) is 4.79 Å². The molecule has 1 aromatic carbocycles. The van der Waals surface area contributed by atoms with Crippen molar-refractivity contribution in [2.75, 3.05) is 14.2 Å². The van der Waals surface area contributed by atoms with E-state index in [0.29, 0.717) is 11.3 Å². The van der Waals surface area contributed by atoms with Crippen LogP contribution in [0, 0.1) is 0 Å². The van der Waals surface area contributed by atoms with Gasteiger partial charge in [-0.05, 0) is 26.1 Å². The minimum absolute atomic E-state index is 0.0463. The Labute approximate surface area is 84.1 Å². The number of carbonyl (C=O) groups excluding carboxylic acids is 1. The zero-order valence-corrected chi connectivity index (χ0v) is 8.70. The first kappa shape index (κ1) is 10.7. The lowest BCUT2D eigenvalue weighted by atomic mass is 10.0. The lowest BCUT2D eigenvalue weighted by molar-refractivity contribution is 0.0952. The van der Waals surface area contributed by atoms with Crippen LogP contribution < -0.4 is 10.1 Å². The predicted molar refractivity (Wildman–Crippen MR) is 55.8 cm³/mol. The van der Waals surface area contributed by atoms with Crippen LogP contribution in [0.4, 0.5) is 0 Å². The third kappa shape index (κ3) is 2.12. The summed E-state index contributed by atoms with van der Waals surface area (Å²) in [4.78, 5) is 11.8. The van der Waals surface area contributed by atoms with Gasteiger partial charge in [-0.1, -0.05) is 12.1 Å². The van der Waals surface area contributed by atoms with Gasteiger partial charge >= 0.3 is 0 Å². The molecular formula is C11H15NO2. The number of benzene rings is 1. The molecule has 1 N–H and O–H groups in total. The van der Waals surface area contributed by atoms with E-state index in [4.69, 9.17) is 4.74 Å². The highest BCUT2D eigenvalue weighted by Gasteiger charge is 2.16. The van der Waals surface area contributed by atoms with E-state index in [9.17, 15) is 4.79 Å². The number of likely N-dealkylation sites (N-methyl/N-ethyl adjacent to an activating group) is 1. The molecule has 0 amide bonds. The molecule has 0 aliphatic carbocycles. The highest BCUT2D eigenvalue weighted by Crippen LogP contribution is 2.18. The number of hydrogen-bond acceptors (Lipinski definition) is 3. The first-order valence-corrected chi connectivity index (χ1v) is 4.55. The summed E-state index contributed by atoms with van der Waals surface area (Å²) in [7, 11) is 3.33. The summed E-state index contributed by atoms with van der Waals surface area (Å²) in [6.45, 7) is 1.83. The molecule has 0 saturated carbocycles. The summed E-state index contributed by atoms with van der Waals surface area (Å²) in [5.74, 6) is 0.671. The molecule has 0 unspecified atom stereocenters. The van der Waals surface area contributed by atoms with Crippen LogP contribution in [0.5, 0.6) is 5.75 Å². The van der Waals surface area contributed by atoms with Gasteiger partial charge in [0.05, 0.1) is 18.7 Å². The molecular weight excluding hydrogens is 178 g/mol. The van der Waals surface area contributed by atoms with Crippen molar-refractivity contribution in [3.05, 3.63) is 29.8 Å². The fourth-order valence-electron chi connectivity index (χ4n) is 1.21. The van der Waals surface area contributed by atoms with E-state index < -0.39 is 0 Å². The van der Waals surface area contributed by atoms with Gasteiger partial charge in [-0.15, -0.1) is 0 Å². The van der Waals surface area contributed by atoms with Crippen molar-refractivity contribution in [1.29, 1.82) is 0 Å². The molecule has 1 atom stereocenters. The second-order valence-corrected chi connectivity index (χ2v) is 3.07. The van der Waals surface area contributed by atoms with Crippen molar-refractivity contribution in [3.63, 3.8) is 0 Å². The second kappa shape index (κ2) is 4.77. The van der Waals surface area contributed by atoms with E-state index in [1.165, 1.54) is 0 Å². The van der Waals surface area contributed by atoms with Gasteiger partial charge in [0.1, 0.15) is 5.75 Å². The normalized spacial score (nSPS) is 12.2. The topological polar surface area (TPSA) is 38.3 Å². The maximum Gasteiger partial charge on any atom is 0.183 e. The zero-order chi connectivity index (χ0) is 10.6. The van der Waals surface area contributed by atoms with E-state index in [1.807, 2.05) is 19.1 Å². The lowest BCUT2D eigenvalue weighted by Gasteiger charge is -2.11. The third-order valence-corrected chi connectivity index (χ3v) is 2.20. The van der Waals surface area contributed by atoms with Crippen LogP contribution >= 0.6 is 0 Å². The van der Waals surface area contributed by atoms with Crippen LogP contribution in [0.15, 0.2) is 24.3 Å². The number of hydrogen-bond donors (Lipinski definition) is 1. The van der Waals surface area contributed by atoms with Crippen LogP contribution in [-0.2, 0) is 0 Å². The summed E-state index contributed by atoms with van der Waals surface area (Å²) in [6.07, 6.45) is 0. The number of rotatable bonds is 4. The Bertz CT molecular complexity index is 323. The number of carbonyl (C=O) groups is 1. The summed E-state index contributed by atoms with van der Waals surface area (Å²) < 4.78 is 5.11. The molecule has 0 saturated heterocycles. The molecule has 1 rings (SSSR count). The number of ether oxygens (including phenoxy) is 1. The number of para-hydroxylation sites is 1. The molecule has 14 heavy (non-hydrogen) atoms. The highest BCUT2D eigenvalue weighted by atomic mass is 16.5. The molecule has 0 aromatic heterocycles. The fraction of sp³-hybridized carbons (Fsp3) is 0.364. The van der Waals surface area contributed by atoms with Gasteiger partial charge in [-0.25, -0.2) is 0 Å². The SMILES string of the molecule is CN[C@H](C)C(=O)c1ccccc1OC. The number of ketones is 1. The first-order valence-electron chi connectivity index (χ1n) is 4.55. The molecule has 1 aromatic rings. The smallest absolute Gasteiger partial charge is 0.183 e. The first-order chi connectivity index (χ1) is 6.70. The molecule has 0 spiro atoms. The Balaban J connectivity index is 3.00. The minimum atomic E-state index is -0.189. The van der Waals surface area contributed by atoms with E-state index in [2.05, 4.69) is 5.32 Å². The van der Waals surface area contributed by atoms with Crippen molar-refractivity contribution in [2.45, 2.75) is 13.0 Å². The largest absolute Gasteiger partial charge is 0.496 e. The molecule has 0 bridgehead atoms. The predicted octanol–water partition coefficient (Wildman–Crippen LogP) is 1.49. The average molecular weight is 193 g/mol. The van der Waals surface area contributed by atoms with Crippen LogP contribution in [0.2, 0.25) is 0 Å². The number of Topliss-reactive ketones (excluding diaryl/α,β-unsaturated/α-hetero) is 1. The van der Waals surface area contributed by atoms with Crippen molar-refractivity contribution in [1.82, 2.24) is 5.32 Å². The molecule has 3 heteroatoms. The Hall–Kier alpha value is -1.35. The Morgan fingerprint density at radius 3 is 2.64 bits per heavy atom. The van der Waals surface area contributed by atoms with Gasteiger partial charge in [0.25, 0.3) is 0 Å². The molecule has 0 radical (unpaired) electrons. The lowest BCUT2D eigenvalue weighted by Crippen LogP contribution is -2.30. The van der Waals surface area contributed by atoms with Gasteiger partial charge in [0.2, 0.25) is 0 Å². The molecule has 0 aliphatic heterocycles. The van der Waals surface area contributed by atoms with E-state index >= 15 is 0 Å². The summed E-state index contributed by atoms with van der Waals surface area (Å²) >= 11 is 0. The molecule has 76 valence electrons. The van der Waals surface area contributed by atoms with Gasteiger partial charge in [0.15, 0.2) is 5.78 Å². The van der Waals surface area contributed by atoms with Crippen LogP contribution in [0.3, 0.4) is 0 Å². The Morgan fingerprint density at radius 1 is 1.43 bits per heavy atom. The molecule has 0 heterocycles. The maximum atomic E-state index is 11.8.